The number of anilines is 3. The molecule has 0 saturated heterocycles. The molecule has 5 N–H and O–H groups in total. The van der Waals surface area contributed by atoms with Crippen molar-refractivity contribution in [1.82, 2.24) is 0 Å². The molecule has 3 nitrogen and oxygen atoms in total. The highest BCUT2D eigenvalue weighted by Crippen LogP contribution is 2.19. The fourth-order valence-corrected chi connectivity index (χ4v) is 1.06. The van der Waals surface area contributed by atoms with Gasteiger partial charge in [0.15, 0.2) is 0 Å². The highest BCUT2D eigenvalue weighted by Gasteiger charge is 1.95. The summed E-state index contributed by atoms with van der Waals surface area (Å²) >= 11 is 0. The van der Waals surface area contributed by atoms with Crippen molar-refractivity contribution in [2.45, 2.75) is 13.8 Å². The third kappa shape index (κ3) is 3.01. The second kappa shape index (κ2) is 4.56. The molecule has 1 aromatic rings. The van der Waals surface area contributed by atoms with Crippen molar-refractivity contribution >= 4 is 17.1 Å². The van der Waals surface area contributed by atoms with Crippen molar-refractivity contribution in [2.75, 3.05) is 23.3 Å². The van der Waals surface area contributed by atoms with Gasteiger partial charge in [0.05, 0.1) is 11.4 Å². The lowest BCUT2D eigenvalue weighted by Gasteiger charge is -2.06. The van der Waals surface area contributed by atoms with Gasteiger partial charge in [0.25, 0.3) is 0 Å². The molecule has 0 bridgehead atoms. The van der Waals surface area contributed by atoms with Gasteiger partial charge in [-0.15, -0.1) is 0 Å². The maximum atomic E-state index is 5.67. The third-order valence-electron chi connectivity index (χ3n) is 1.90. The fraction of sp³-hybridized carbons (Fsp3) is 0.273. The molecule has 0 aromatic heterocycles. The van der Waals surface area contributed by atoms with Gasteiger partial charge in [-0.3, -0.25) is 0 Å². The van der Waals surface area contributed by atoms with Gasteiger partial charge in [-0.05, 0) is 32.0 Å². The maximum Gasteiger partial charge on any atom is 0.0568 e. The molecule has 1 rings (SSSR count). The van der Waals surface area contributed by atoms with E-state index in [-0.39, 0.29) is 0 Å². The maximum absolute atomic E-state index is 5.67. The van der Waals surface area contributed by atoms with Gasteiger partial charge in [0.2, 0.25) is 0 Å². The minimum Gasteiger partial charge on any atom is -0.397 e. The van der Waals surface area contributed by atoms with E-state index in [9.17, 15) is 0 Å². The first-order valence-electron chi connectivity index (χ1n) is 4.62. The summed E-state index contributed by atoms with van der Waals surface area (Å²) in [5, 5.41) is 3.23. The van der Waals surface area contributed by atoms with Gasteiger partial charge in [-0.2, -0.15) is 0 Å². The third-order valence-corrected chi connectivity index (χ3v) is 1.90. The minimum atomic E-state index is 0.618. The summed E-state index contributed by atoms with van der Waals surface area (Å²) < 4.78 is 0. The monoisotopic (exact) mass is 191 g/mol. The van der Waals surface area contributed by atoms with Crippen LogP contribution in [0, 0.1) is 0 Å². The lowest BCUT2D eigenvalue weighted by Crippen LogP contribution is -2.01. The average molecular weight is 191 g/mol. The summed E-state index contributed by atoms with van der Waals surface area (Å²) in [6, 6.07) is 5.57. The lowest BCUT2D eigenvalue weighted by molar-refractivity contribution is 1.26. The molecule has 1 aromatic carbocycles. The van der Waals surface area contributed by atoms with Crippen LogP contribution in [0.4, 0.5) is 17.1 Å². The van der Waals surface area contributed by atoms with Crippen molar-refractivity contribution in [3.8, 4) is 0 Å². The Labute approximate surface area is 84.8 Å². The van der Waals surface area contributed by atoms with Crippen molar-refractivity contribution in [1.29, 1.82) is 0 Å². The number of rotatable bonds is 3. The van der Waals surface area contributed by atoms with E-state index in [1.165, 1.54) is 5.57 Å². The quantitative estimate of drug-likeness (QED) is 0.507. The number of nitrogens with one attached hydrogen (secondary N) is 1. The zero-order valence-corrected chi connectivity index (χ0v) is 8.67. The molecule has 0 aliphatic rings. The second-order valence-electron chi connectivity index (χ2n) is 3.51. The first-order valence-corrected chi connectivity index (χ1v) is 4.62. The molecule has 0 aliphatic heterocycles. The summed E-state index contributed by atoms with van der Waals surface area (Å²) in [6.07, 6.45) is 2.12. The van der Waals surface area contributed by atoms with E-state index < -0.39 is 0 Å². The van der Waals surface area contributed by atoms with Gasteiger partial charge < -0.3 is 16.8 Å². The number of benzene rings is 1. The van der Waals surface area contributed by atoms with Crippen molar-refractivity contribution < 1.29 is 0 Å². The van der Waals surface area contributed by atoms with Crippen LogP contribution in [0.2, 0.25) is 0 Å². The van der Waals surface area contributed by atoms with Crippen LogP contribution in [0.5, 0.6) is 0 Å². The van der Waals surface area contributed by atoms with Gasteiger partial charge in [-0.1, -0.05) is 11.6 Å². The predicted octanol–water partition coefficient (Wildman–Crippen LogP) is 2.23. The molecule has 0 saturated carbocycles. The molecule has 14 heavy (non-hydrogen) atoms. The van der Waals surface area contributed by atoms with E-state index in [4.69, 9.17) is 11.5 Å². The molecular weight excluding hydrogens is 174 g/mol. The summed E-state index contributed by atoms with van der Waals surface area (Å²) in [7, 11) is 0. The van der Waals surface area contributed by atoms with Crippen LogP contribution in [-0.2, 0) is 0 Å². The fourth-order valence-electron chi connectivity index (χ4n) is 1.06. The number of nitrogen functional groups attached to an aromatic ring is 2. The summed E-state index contributed by atoms with van der Waals surface area (Å²) in [5.41, 5.74) is 14.8. The van der Waals surface area contributed by atoms with E-state index in [1.54, 1.807) is 6.07 Å². The topological polar surface area (TPSA) is 64.1 Å². The Bertz CT molecular complexity index is 338. The Hall–Kier alpha value is -1.64. The molecule has 0 amide bonds. The Morgan fingerprint density at radius 1 is 1.29 bits per heavy atom. The largest absolute Gasteiger partial charge is 0.397 e. The smallest absolute Gasteiger partial charge is 0.0568 e. The summed E-state index contributed by atoms with van der Waals surface area (Å²) in [6.45, 7) is 4.95. The van der Waals surface area contributed by atoms with Crippen molar-refractivity contribution in [3.05, 3.63) is 29.8 Å². The average Bonchev–Trinajstić information content (AvgIpc) is 2.10. The zero-order valence-electron chi connectivity index (χ0n) is 8.67. The first-order chi connectivity index (χ1) is 6.59. The van der Waals surface area contributed by atoms with Crippen LogP contribution in [0.15, 0.2) is 29.8 Å². The predicted molar refractivity (Wildman–Crippen MR) is 63.2 cm³/mol. The Morgan fingerprint density at radius 3 is 2.57 bits per heavy atom. The molecule has 0 heterocycles. The van der Waals surface area contributed by atoms with Crippen LogP contribution in [0.25, 0.3) is 0 Å². The summed E-state index contributed by atoms with van der Waals surface area (Å²) in [5.74, 6) is 0. The Kier molecular flexibility index (Phi) is 3.40. The van der Waals surface area contributed by atoms with Crippen LogP contribution in [0.3, 0.4) is 0 Å². The highest BCUT2D eigenvalue weighted by molar-refractivity contribution is 5.69. The molecule has 3 heteroatoms. The highest BCUT2D eigenvalue weighted by atomic mass is 14.9. The van der Waals surface area contributed by atoms with E-state index in [1.807, 2.05) is 12.1 Å². The van der Waals surface area contributed by atoms with Crippen LogP contribution in [0.1, 0.15) is 13.8 Å². The molecule has 0 radical (unpaired) electrons. The molecule has 0 fully saturated rings. The Morgan fingerprint density at radius 2 is 2.00 bits per heavy atom. The summed E-state index contributed by atoms with van der Waals surface area (Å²) in [4.78, 5) is 0. The molecule has 0 aliphatic carbocycles. The lowest BCUT2D eigenvalue weighted by atomic mass is 10.2. The van der Waals surface area contributed by atoms with E-state index in [2.05, 4.69) is 25.2 Å². The van der Waals surface area contributed by atoms with Gasteiger partial charge in [0, 0.05) is 12.2 Å². The van der Waals surface area contributed by atoms with Gasteiger partial charge in [0.1, 0.15) is 0 Å². The van der Waals surface area contributed by atoms with E-state index in [0.29, 0.717) is 11.4 Å². The molecule has 0 spiro atoms. The van der Waals surface area contributed by atoms with Crippen molar-refractivity contribution in [3.63, 3.8) is 0 Å². The van der Waals surface area contributed by atoms with Gasteiger partial charge in [-0.25, -0.2) is 0 Å². The standard InChI is InChI=1S/C11H17N3/c1-8(2)5-6-14-9-3-4-10(12)11(13)7-9/h3-5,7,14H,6,12-13H2,1-2H3. The van der Waals surface area contributed by atoms with Crippen LogP contribution in [-0.4, -0.2) is 6.54 Å². The number of allylic oxidation sites excluding steroid dienone is 1. The normalized spacial score (nSPS) is 9.57. The van der Waals surface area contributed by atoms with E-state index >= 15 is 0 Å². The molecule has 0 unspecified atom stereocenters. The second-order valence-corrected chi connectivity index (χ2v) is 3.51. The minimum absolute atomic E-state index is 0.618. The molecule has 76 valence electrons. The zero-order chi connectivity index (χ0) is 10.6. The SMILES string of the molecule is CC(C)=CCNc1ccc(N)c(N)c1. The van der Waals surface area contributed by atoms with Crippen molar-refractivity contribution in [2.24, 2.45) is 0 Å². The van der Waals surface area contributed by atoms with Gasteiger partial charge >= 0.3 is 0 Å². The van der Waals surface area contributed by atoms with Crippen LogP contribution >= 0.6 is 0 Å². The Balaban J connectivity index is 2.60. The van der Waals surface area contributed by atoms with Crippen LogP contribution < -0.4 is 16.8 Å². The first kappa shape index (κ1) is 10.4. The number of hydrogen-bond donors (Lipinski definition) is 3. The molecule has 0 atom stereocenters. The molecular formula is C11H17N3. The number of nitrogens with two attached hydrogens (primary N) is 2. The van der Waals surface area contributed by atoms with E-state index in [0.717, 1.165) is 12.2 Å². The number of hydrogen-bond acceptors (Lipinski definition) is 3.